The molecule has 7 nitrogen and oxygen atoms in total. The van der Waals surface area contributed by atoms with Crippen molar-refractivity contribution in [1.82, 2.24) is 5.32 Å². The third-order valence-corrected chi connectivity index (χ3v) is 5.76. The number of nitrogens with two attached hydrogens (primary N) is 1. The van der Waals surface area contributed by atoms with E-state index in [2.05, 4.69) is 12.2 Å². The Balaban J connectivity index is 3.13. The minimum absolute atomic E-state index is 0.0208. The molecule has 0 radical (unpaired) electrons. The molecule has 0 bridgehead atoms. The highest BCUT2D eigenvalue weighted by Gasteiger charge is 2.59. The first-order chi connectivity index (χ1) is 14.4. The van der Waals surface area contributed by atoms with Gasteiger partial charge in [-0.25, -0.2) is 4.79 Å². The minimum atomic E-state index is -5.20. The van der Waals surface area contributed by atoms with E-state index < -0.39 is 41.4 Å². The van der Waals surface area contributed by atoms with E-state index in [0.717, 1.165) is 32.1 Å². The van der Waals surface area contributed by atoms with Crippen LogP contribution in [0.25, 0.3) is 0 Å². The predicted molar refractivity (Wildman–Crippen MR) is 109 cm³/mol. The number of esters is 1. The maximum absolute atomic E-state index is 13.1. The zero-order valence-corrected chi connectivity index (χ0v) is 19.0. The molecule has 1 amide bonds. The SMILES string of the molecule is CCCCCCCCO[C@@]1(OC(=O)C(F)(F)F)CCC(C)(C)[C@H](OC)[C@H]1NC(=O)CN. The number of hydrogen-bond acceptors (Lipinski definition) is 6. The highest BCUT2D eigenvalue weighted by atomic mass is 19.4. The van der Waals surface area contributed by atoms with Crippen molar-refractivity contribution >= 4 is 11.9 Å². The Morgan fingerprint density at radius 1 is 1.10 bits per heavy atom. The summed E-state index contributed by atoms with van der Waals surface area (Å²) < 4.78 is 55.5. The van der Waals surface area contributed by atoms with E-state index in [9.17, 15) is 22.8 Å². The topological polar surface area (TPSA) is 99.9 Å². The van der Waals surface area contributed by atoms with Crippen molar-refractivity contribution in [2.45, 2.75) is 96.2 Å². The van der Waals surface area contributed by atoms with Crippen LogP contribution >= 0.6 is 0 Å². The molecule has 0 aromatic rings. The number of amides is 1. The van der Waals surface area contributed by atoms with Gasteiger partial charge in [0.2, 0.25) is 11.7 Å². The summed E-state index contributed by atoms with van der Waals surface area (Å²) in [5, 5.41) is 2.58. The molecule has 1 rings (SSSR count). The number of hydrogen-bond donors (Lipinski definition) is 2. The van der Waals surface area contributed by atoms with E-state index in [1.807, 2.05) is 13.8 Å². The first-order valence-corrected chi connectivity index (χ1v) is 10.9. The van der Waals surface area contributed by atoms with Gasteiger partial charge in [0.25, 0.3) is 0 Å². The highest BCUT2D eigenvalue weighted by Crippen LogP contribution is 2.45. The molecule has 1 aliphatic rings. The van der Waals surface area contributed by atoms with Crippen molar-refractivity contribution in [2.24, 2.45) is 11.1 Å². The van der Waals surface area contributed by atoms with E-state index >= 15 is 0 Å². The molecule has 0 spiro atoms. The van der Waals surface area contributed by atoms with Gasteiger partial charge in [0.05, 0.1) is 19.3 Å². The molecule has 0 aromatic carbocycles. The molecule has 10 heteroatoms. The predicted octanol–water partition coefficient (Wildman–Crippen LogP) is 3.44. The number of ether oxygens (including phenoxy) is 3. The summed E-state index contributed by atoms with van der Waals surface area (Å²) in [7, 11) is 1.39. The lowest BCUT2D eigenvalue weighted by Crippen LogP contribution is -2.69. The summed E-state index contributed by atoms with van der Waals surface area (Å²) in [6.07, 6.45) is 0.0741. The van der Waals surface area contributed by atoms with Crippen LogP contribution in [-0.2, 0) is 23.8 Å². The van der Waals surface area contributed by atoms with E-state index in [0.29, 0.717) is 12.8 Å². The highest BCUT2D eigenvalue weighted by molar-refractivity contribution is 5.79. The Kier molecular flexibility index (Phi) is 10.7. The summed E-state index contributed by atoms with van der Waals surface area (Å²) in [4.78, 5) is 23.9. The van der Waals surface area contributed by atoms with E-state index in [1.54, 1.807) is 0 Å². The van der Waals surface area contributed by atoms with Crippen LogP contribution in [0.3, 0.4) is 0 Å². The molecule has 0 saturated heterocycles. The number of alkyl halides is 3. The average molecular weight is 455 g/mol. The zero-order valence-electron chi connectivity index (χ0n) is 19.0. The quantitative estimate of drug-likeness (QED) is 0.266. The van der Waals surface area contributed by atoms with Gasteiger partial charge in [-0.3, -0.25) is 4.79 Å². The lowest BCUT2D eigenvalue weighted by molar-refractivity contribution is -0.299. The number of carbonyl (C=O) groups is 2. The van der Waals surface area contributed by atoms with Crippen LogP contribution in [0.4, 0.5) is 13.2 Å². The largest absolute Gasteiger partial charge is 0.491 e. The molecule has 0 aliphatic heterocycles. The van der Waals surface area contributed by atoms with Crippen LogP contribution in [0.15, 0.2) is 0 Å². The fourth-order valence-corrected chi connectivity index (χ4v) is 4.00. The number of rotatable bonds is 12. The number of carbonyl (C=O) groups excluding carboxylic acids is 2. The summed E-state index contributed by atoms with van der Waals surface area (Å²) in [6, 6.07) is -1.15. The molecule has 1 aliphatic carbocycles. The molecule has 31 heavy (non-hydrogen) atoms. The van der Waals surface area contributed by atoms with Crippen molar-refractivity contribution in [2.75, 3.05) is 20.3 Å². The molecule has 1 fully saturated rings. The fraction of sp³-hybridized carbons (Fsp3) is 0.905. The third kappa shape index (κ3) is 7.91. The fourth-order valence-electron chi connectivity index (χ4n) is 4.00. The molecule has 0 unspecified atom stereocenters. The van der Waals surface area contributed by atoms with Gasteiger partial charge in [-0.2, -0.15) is 13.2 Å². The van der Waals surface area contributed by atoms with E-state index in [4.69, 9.17) is 19.9 Å². The first-order valence-electron chi connectivity index (χ1n) is 10.9. The smallest absolute Gasteiger partial charge is 0.424 e. The van der Waals surface area contributed by atoms with E-state index in [-0.39, 0.29) is 19.6 Å². The van der Waals surface area contributed by atoms with Crippen molar-refractivity contribution in [1.29, 1.82) is 0 Å². The number of unbranched alkanes of at least 4 members (excludes halogenated alkanes) is 5. The second-order valence-electron chi connectivity index (χ2n) is 8.71. The summed E-state index contributed by atoms with van der Waals surface area (Å²) in [5.74, 6) is -4.98. The summed E-state index contributed by atoms with van der Waals surface area (Å²) in [5.41, 5.74) is 4.89. The molecule has 3 N–H and O–H groups in total. The number of nitrogens with one attached hydrogen (secondary N) is 1. The molecule has 0 aromatic heterocycles. The summed E-state index contributed by atoms with van der Waals surface area (Å²) >= 11 is 0. The number of halogens is 3. The zero-order chi connectivity index (χ0) is 23.7. The van der Waals surface area contributed by atoms with Gasteiger partial charge in [0.1, 0.15) is 6.04 Å². The van der Waals surface area contributed by atoms with Gasteiger partial charge in [-0.1, -0.05) is 52.9 Å². The van der Waals surface area contributed by atoms with Gasteiger partial charge in [0, 0.05) is 13.5 Å². The molecule has 1 saturated carbocycles. The lowest BCUT2D eigenvalue weighted by atomic mass is 9.69. The average Bonchev–Trinajstić information content (AvgIpc) is 2.69. The van der Waals surface area contributed by atoms with Gasteiger partial charge in [-0.05, 0) is 18.3 Å². The molecular weight excluding hydrogens is 417 g/mol. The standard InChI is InChI=1S/C21H37F3N2O5/c1-5-6-7-8-9-10-13-30-20(31-18(28)21(22,23)24)12-11-19(2,3)17(29-4)16(20)26-15(27)14-25/h16-17H,5-14,25H2,1-4H3,(H,26,27)/t16-,17-,20-/m1/s1. The maximum Gasteiger partial charge on any atom is 0.491 e. The third-order valence-electron chi connectivity index (χ3n) is 5.76. The molecular formula is C21H37F3N2O5. The van der Waals surface area contributed by atoms with Crippen LogP contribution in [0.2, 0.25) is 0 Å². The molecule has 182 valence electrons. The second-order valence-corrected chi connectivity index (χ2v) is 8.71. The Labute approximate surface area is 182 Å². The van der Waals surface area contributed by atoms with E-state index in [1.165, 1.54) is 7.11 Å². The Bertz CT molecular complexity index is 586. The van der Waals surface area contributed by atoms with Crippen molar-refractivity contribution in [3.63, 3.8) is 0 Å². The Hall–Kier alpha value is -1.39. The van der Waals surface area contributed by atoms with Crippen LogP contribution in [0.5, 0.6) is 0 Å². The van der Waals surface area contributed by atoms with Gasteiger partial charge in [-0.15, -0.1) is 0 Å². The monoisotopic (exact) mass is 454 g/mol. The number of methoxy groups -OCH3 is 1. The summed E-state index contributed by atoms with van der Waals surface area (Å²) in [6.45, 7) is 5.55. The second kappa shape index (κ2) is 12.0. The van der Waals surface area contributed by atoms with Crippen LogP contribution in [0, 0.1) is 5.41 Å². The normalized spacial score (nSPS) is 25.8. The lowest BCUT2D eigenvalue weighted by Gasteiger charge is -2.52. The minimum Gasteiger partial charge on any atom is -0.424 e. The Morgan fingerprint density at radius 2 is 1.71 bits per heavy atom. The van der Waals surface area contributed by atoms with Gasteiger partial charge in [0.15, 0.2) is 0 Å². The van der Waals surface area contributed by atoms with Gasteiger partial charge < -0.3 is 25.3 Å². The van der Waals surface area contributed by atoms with Crippen molar-refractivity contribution < 1.29 is 37.0 Å². The molecule has 0 heterocycles. The van der Waals surface area contributed by atoms with Crippen molar-refractivity contribution in [3.8, 4) is 0 Å². The van der Waals surface area contributed by atoms with Crippen LogP contribution in [-0.4, -0.2) is 56.2 Å². The maximum atomic E-state index is 13.1. The molecule has 3 atom stereocenters. The Morgan fingerprint density at radius 3 is 2.26 bits per heavy atom. The van der Waals surface area contributed by atoms with Gasteiger partial charge >= 0.3 is 12.1 Å². The van der Waals surface area contributed by atoms with Crippen LogP contribution in [0.1, 0.15) is 72.1 Å². The van der Waals surface area contributed by atoms with Crippen molar-refractivity contribution in [3.05, 3.63) is 0 Å². The van der Waals surface area contributed by atoms with Crippen LogP contribution < -0.4 is 11.1 Å². The first kappa shape index (κ1) is 27.6.